The van der Waals surface area contributed by atoms with E-state index >= 15 is 0 Å². The van der Waals surface area contributed by atoms with E-state index in [1.54, 1.807) is 43.0 Å². The van der Waals surface area contributed by atoms with Crippen molar-refractivity contribution in [1.82, 2.24) is 15.0 Å². The maximum atomic E-state index is 13.1. The first kappa shape index (κ1) is 16.7. The third kappa shape index (κ3) is 3.45. The number of piperazine rings is 1. The highest BCUT2D eigenvalue weighted by Crippen LogP contribution is 2.28. The van der Waals surface area contributed by atoms with E-state index in [0.29, 0.717) is 5.88 Å². The van der Waals surface area contributed by atoms with Crippen molar-refractivity contribution < 1.29 is 9.13 Å². The number of hydrogen-bond acceptors (Lipinski definition) is 7. The lowest BCUT2D eigenvalue weighted by Gasteiger charge is -2.35. The Hall–Kier alpha value is -2.74. The van der Waals surface area contributed by atoms with Crippen molar-refractivity contribution in [3.05, 3.63) is 47.9 Å². The molecule has 0 spiro atoms. The molecule has 4 rings (SSSR count). The fraction of sp³-hybridized carbons (Fsp3) is 0.278. The Bertz CT molecular complexity index is 877. The standard InChI is InChI=1S/C18H18FN5OS/c1-25-17-11-20-10-16(22-17)23-6-8-24(9-7-23)18-21-15(12-26-18)13-2-4-14(19)5-3-13/h2-5,10-12H,6-9H2,1H3. The van der Waals surface area contributed by atoms with Gasteiger partial charge in [-0.3, -0.25) is 4.98 Å². The maximum absolute atomic E-state index is 13.1. The number of nitrogens with zero attached hydrogens (tertiary/aromatic N) is 5. The van der Waals surface area contributed by atoms with Gasteiger partial charge in [0.1, 0.15) is 5.82 Å². The average molecular weight is 371 g/mol. The summed E-state index contributed by atoms with van der Waals surface area (Å²) in [6.45, 7) is 3.39. The number of hydrogen-bond donors (Lipinski definition) is 0. The van der Waals surface area contributed by atoms with Crippen LogP contribution in [0.5, 0.6) is 5.88 Å². The summed E-state index contributed by atoms with van der Waals surface area (Å²) < 4.78 is 18.2. The van der Waals surface area contributed by atoms with Gasteiger partial charge in [0.05, 0.1) is 25.2 Å². The van der Waals surface area contributed by atoms with Gasteiger partial charge in [-0.15, -0.1) is 11.3 Å². The summed E-state index contributed by atoms with van der Waals surface area (Å²) in [4.78, 5) is 17.8. The van der Waals surface area contributed by atoms with Crippen LogP contribution in [0.2, 0.25) is 0 Å². The van der Waals surface area contributed by atoms with Crippen molar-refractivity contribution in [2.24, 2.45) is 0 Å². The van der Waals surface area contributed by atoms with E-state index in [4.69, 9.17) is 9.72 Å². The van der Waals surface area contributed by atoms with Crippen LogP contribution in [0.25, 0.3) is 11.3 Å². The van der Waals surface area contributed by atoms with Gasteiger partial charge in [-0.2, -0.15) is 4.98 Å². The monoisotopic (exact) mass is 371 g/mol. The molecule has 0 radical (unpaired) electrons. The molecule has 8 heteroatoms. The Kier molecular flexibility index (Phi) is 4.66. The third-order valence-electron chi connectivity index (χ3n) is 4.32. The fourth-order valence-electron chi connectivity index (χ4n) is 2.88. The van der Waals surface area contributed by atoms with Gasteiger partial charge in [-0.05, 0) is 24.3 Å². The van der Waals surface area contributed by atoms with E-state index in [2.05, 4.69) is 19.8 Å². The van der Waals surface area contributed by atoms with Gasteiger partial charge in [0.2, 0.25) is 5.88 Å². The van der Waals surface area contributed by atoms with Crippen LogP contribution in [0.4, 0.5) is 15.3 Å². The van der Waals surface area contributed by atoms with E-state index < -0.39 is 0 Å². The van der Waals surface area contributed by atoms with Crippen molar-refractivity contribution >= 4 is 22.3 Å². The lowest BCUT2D eigenvalue weighted by Crippen LogP contribution is -2.46. The predicted octanol–water partition coefficient (Wildman–Crippen LogP) is 3.07. The summed E-state index contributed by atoms with van der Waals surface area (Å²) in [5.74, 6) is 1.12. The van der Waals surface area contributed by atoms with Crippen molar-refractivity contribution in [3.63, 3.8) is 0 Å². The second-order valence-electron chi connectivity index (χ2n) is 5.92. The minimum Gasteiger partial charge on any atom is -0.480 e. The van der Waals surface area contributed by atoms with Crippen molar-refractivity contribution in [2.75, 3.05) is 43.1 Å². The minimum atomic E-state index is -0.235. The summed E-state index contributed by atoms with van der Waals surface area (Å²) in [6, 6.07) is 6.44. The Morgan fingerprint density at radius 1 is 1.00 bits per heavy atom. The normalized spacial score (nSPS) is 14.5. The zero-order chi connectivity index (χ0) is 17.9. The molecule has 0 bridgehead atoms. The van der Waals surface area contributed by atoms with Gasteiger partial charge in [0.15, 0.2) is 10.9 Å². The first-order valence-electron chi connectivity index (χ1n) is 8.30. The highest BCUT2D eigenvalue weighted by molar-refractivity contribution is 7.14. The maximum Gasteiger partial charge on any atom is 0.233 e. The fourth-order valence-corrected chi connectivity index (χ4v) is 3.77. The second kappa shape index (κ2) is 7.25. The molecule has 1 aliphatic heterocycles. The van der Waals surface area contributed by atoms with Crippen LogP contribution >= 0.6 is 11.3 Å². The largest absolute Gasteiger partial charge is 0.480 e. The molecule has 0 amide bonds. The van der Waals surface area contributed by atoms with Crippen molar-refractivity contribution in [1.29, 1.82) is 0 Å². The Morgan fingerprint density at radius 3 is 2.46 bits per heavy atom. The lowest BCUT2D eigenvalue weighted by atomic mass is 10.2. The van der Waals surface area contributed by atoms with Crippen molar-refractivity contribution in [2.45, 2.75) is 0 Å². The number of methoxy groups -OCH3 is 1. The van der Waals surface area contributed by atoms with Gasteiger partial charge in [-0.25, -0.2) is 9.37 Å². The lowest BCUT2D eigenvalue weighted by molar-refractivity contribution is 0.395. The van der Waals surface area contributed by atoms with E-state index in [0.717, 1.165) is 48.4 Å². The van der Waals surface area contributed by atoms with Crippen LogP contribution in [0.15, 0.2) is 42.0 Å². The van der Waals surface area contributed by atoms with Crippen LogP contribution in [0, 0.1) is 5.82 Å². The molecule has 134 valence electrons. The smallest absolute Gasteiger partial charge is 0.233 e. The molecule has 1 saturated heterocycles. The van der Waals surface area contributed by atoms with E-state index in [9.17, 15) is 4.39 Å². The summed E-state index contributed by atoms with van der Waals surface area (Å²) in [6.07, 6.45) is 3.36. The van der Waals surface area contributed by atoms with Crippen LogP contribution in [-0.4, -0.2) is 48.2 Å². The quantitative estimate of drug-likeness (QED) is 0.703. The van der Waals surface area contributed by atoms with E-state index in [1.165, 1.54) is 12.1 Å². The second-order valence-corrected chi connectivity index (χ2v) is 6.75. The first-order chi connectivity index (χ1) is 12.7. The molecule has 6 nitrogen and oxygen atoms in total. The van der Waals surface area contributed by atoms with Gasteiger partial charge in [0.25, 0.3) is 0 Å². The molecular weight excluding hydrogens is 353 g/mol. The number of thiazole rings is 1. The topological polar surface area (TPSA) is 54.4 Å². The summed E-state index contributed by atoms with van der Waals surface area (Å²) in [7, 11) is 1.59. The van der Waals surface area contributed by atoms with E-state index in [1.807, 2.05) is 5.38 Å². The first-order valence-corrected chi connectivity index (χ1v) is 9.18. The molecule has 26 heavy (non-hydrogen) atoms. The molecule has 0 unspecified atom stereocenters. The molecular formula is C18H18FN5OS. The molecule has 0 atom stereocenters. The summed E-state index contributed by atoms with van der Waals surface area (Å²) in [5.41, 5.74) is 1.81. The molecule has 1 aliphatic rings. The Labute approximate surface area is 154 Å². The van der Waals surface area contributed by atoms with Gasteiger partial charge in [-0.1, -0.05) is 0 Å². The van der Waals surface area contributed by atoms with Crippen LogP contribution < -0.4 is 14.5 Å². The molecule has 1 fully saturated rings. The number of ether oxygens (including phenoxy) is 1. The van der Waals surface area contributed by atoms with Crippen molar-refractivity contribution in [3.8, 4) is 17.1 Å². The predicted molar refractivity (Wildman–Crippen MR) is 101 cm³/mol. The molecule has 0 N–H and O–H groups in total. The average Bonchev–Trinajstić information content (AvgIpc) is 3.19. The van der Waals surface area contributed by atoms with Crippen LogP contribution in [0.3, 0.4) is 0 Å². The Morgan fingerprint density at radius 2 is 1.73 bits per heavy atom. The summed E-state index contributed by atoms with van der Waals surface area (Å²) in [5, 5.41) is 3.00. The number of anilines is 2. The number of rotatable bonds is 4. The number of aromatic nitrogens is 3. The van der Waals surface area contributed by atoms with Gasteiger partial charge < -0.3 is 14.5 Å². The van der Waals surface area contributed by atoms with Gasteiger partial charge >= 0.3 is 0 Å². The highest BCUT2D eigenvalue weighted by atomic mass is 32.1. The molecule has 3 aromatic rings. The molecule has 3 heterocycles. The minimum absolute atomic E-state index is 0.235. The Balaban J connectivity index is 1.42. The van der Waals surface area contributed by atoms with Gasteiger partial charge in [0, 0.05) is 37.1 Å². The number of halogens is 1. The molecule has 2 aromatic heterocycles. The van der Waals surface area contributed by atoms with Crippen LogP contribution in [-0.2, 0) is 0 Å². The molecule has 0 aliphatic carbocycles. The van der Waals surface area contributed by atoms with E-state index in [-0.39, 0.29) is 5.82 Å². The zero-order valence-corrected chi connectivity index (χ0v) is 15.1. The number of benzene rings is 1. The SMILES string of the molecule is COc1cncc(N2CCN(c3nc(-c4ccc(F)cc4)cs3)CC2)n1. The molecule has 0 saturated carbocycles. The highest BCUT2D eigenvalue weighted by Gasteiger charge is 2.21. The third-order valence-corrected chi connectivity index (χ3v) is 5.22. The zero-order valence-electron chi connectivity index (χ0n) is 14.3. The molecule has 1 aromatic carbocycles. The van der Waals surface area contributed by atoms with Crippen LogP contribution in [0.1, 0.15) is 0 Å². The summed E-state index contributed by atoms with van der Waals surface area (Å²) >= 11 is 1.61.